The molecule has 1 aliphatic rings. The van der Waals surface area contributed by atoms with Gasteiger partial charge in [0, 0.05) is 33.4 Å². The first kappa shape index (κ1) is 17.7. The Bertz CT molecular complexity index is 986. The van der Waals surface area contributed by atoms with Crippen molar-refractivity contribution in [1.29, 1.82) is 0 Å². The van der Waals surface area contributed by atoms with Crippen molar-refractivity contribution in [2.24, 2.45) is 11.8 Å². The minimum Gasteiger partial charge on any atom is -0.328 e. The van der Waals surface area contributed by atoms with Crippen LogP contribution in [0.2, 0.25) is 5.02 Å². The molecule has 136 valence electrons. The Morgan fingerprint density at radius 2 is 1.96 bits per heavy atom. The van der Waals surface area contributed by atoms with Gasteiger partial charge in [0.15, 0.2) is 5.82 Å². The fourth-order valence-electron chi connectivity index (χ4n) is 4.26. The molecule has 1 fully saturated rings. The van der Waals surface area contributed by atoms with Crippen LogP contribution in [-0.2, 0) is 6.54 Å². The van der Waals surface area contributed by atoms with E-state index in [4.69, 9.17) is 16.6 Å². The number of H-pyrrole nitrogens is 1. The number of piperidine rings is 1. The van der Waals surface area contributed by atoms with Gasteiger partial charge in [0.05, 0.1) is 18.5 Å². The van der Waals surface area contributed by atoms with Crippen molar-refractivity contribution >= 4 is 33.2 Å². The summed E-state index contributed by atoms with van der Waals surface area (Å²) in [5, 5.41) is 3.27. The Labute approximate surface area is 161 Å². The van der Waals surface area contributed by atoms with Crippen molar-refractivity contribution in [3.8, 4) is 11.1 Å². The molecule has 0 radical (unpaired) electrons. The Morgan fingerprint density at radius 3 is 2.69 bits per heavy atom. The summed E-state index contributed by atoms with van der Waals surface area (Å²) in [6.07, 6.45) is 1.29. The molecule has 1 saturated heterocycles. The van der Waals surface area contributed by atoms with Gasteiger partial charge in [-0.15, -0.1) is 11.3 Å². The molecule has 26 heavy (non-hydrogen) atoms. The summed E-state index contributed by atoms with van der Waals surface area (Å²) in [4.78, 5) is 22.9. The molecular weight excluding hydrogens is 366 g/mol. The summed E-state index contributed by atoms with van der Waals surface area (Å²) in [7, 11) is 0. The maximum Gasteiger partial charge on any atom is 0.260 e. The van der Waals surface area contributed by atoms with Crippen molar-refractivity contribution in [3.05, 3.63) is 50.8 Å². The lowest BCUT2D eigenvalue weighted by molar-refractivity contribution is -0.926. The highest BCUT2D eigenvalue weighted by Crippen LogP contribution is 2.34. The Balaban J connectivity index is 1.68. The minimum atomic E-state index is -0.0707. The number of nitrogens with one attached hydrogen (secondary N) is 2. The highest BCUT2D eigenvalue weighted by molar-refractivity contribution is 7.17. The van der Waals surface area contributed by atoms with E-state index >= 15 is 0 Å². The zero-order chi connectivity index (χ0) is 18.3. The van der Waals surface area contributed by atoms with Crippen LogP contribution >= 0.6 is 22.9 Å². The number of thiophene rings is 1. The summed E-state index contributed by atoms with van der Waals surface area (Å²) in [6.45, 7) is 7.68. The molecule has 3 heterocycles. The first-order valence-electron chi connectivity index (χ1n) is 9.10. The minimum absolute atomic E-state index is 0.0707. The summed E-state index contributed by atoms with van der Waals surface area (Å²) in [5.74, 6) is 2.22. The van der Waals surface area contributed by atoms with Gasteiger partial charge in [-0.1, -0.05) is 43.6 Å². The van der Waals surface area contributed by atoms with Gasteiger partial charge >= 0.3 is 0 Å². The molecule has 0 bridgehead atoms. The highest BCUT2D eigenvalue weighted by atomic mass is 35.5. The number of fused-ring (bicyclic) bond motifs is 1. The second kappa shape index (κ2) is 7.14. The summed E-state index contributed by atoms with van der Waals surface area (Å²) in [6, 6.07) is 7.61. The van der Waals surface area contributed by atoms with Crippen LogP contribution in [0.4, 0.5) is 0 Å². The quantitative estimate of drug-likeness (QED) is 0.722. The number of quaternary nitrogens is 1. The number of rotatable bonds is 3. The van der Waals surface area contributed by atoms with Crippen molar-refractivity contribution in [2.75, 3.05) is 13.1 Å². The van der Waals surface area contributed by atoms with Gasteiger partial charge in [-0.05, 0) is 12.5 Å². The van der Waals surface area contributed by atoms with Crippen molar-refractivity contribution in [1.82, 2.24) is 9.97 Å². The number of likely N-dealkylation sites (tertiary alicyclic amines) is 1. The molecule has 4 nitrogen and oxygen atoms in total. The van der Waals surface area contributed by atoms with Crippen molar-refractivity contribution in [3.63, 3.8) is 0 Å². The Morgan fingerprint density at radius 1 is 1.23 bits per heavy atom. The van der Waals surface area contributed by atoms with Gasteiger partial charge in [-0.3, -0.25) is 4.79 Å². The maximum absolute atomic E-state index is 12.8. The third kappa shape index (κ3) is 3.43. The van der Waals surface area contributed by atoms with Gasteiger partial charge in [0.2, 0.25) is 0 Å². The average Bonchev–Trinajstić information content (AvgIpc) is 2.98. The molecule has 0 unspecified atom stereocenters. The number of hydrogen-bond acceptors (Lipinski definition) is 3. The first-order valence-corrected chi connectivity index (χ1v) is 10.4. The third-order valence-corrected chi connectivity index (χ3v) is 6.36. The molecule has 0 saturated carbocycles. The molecule has 1 aromatic carbocycles. The van der Waals surface area contributed by atoms with Crippen LogP contribution in [0.3, 0.4) is 0 Å². The van der Waals surface area contributed by atoms with Crippen LogP contribution < -0.4 is 10.5 Å². The number of halogens is 1. The van der Waals surface area contributed by atoms with E-state index in [1.807, 2.05) is 29.6 Å². The standard InChI is InChI=1S/C20H22ClN3OS/c1-12-7-13(2)9-24(8-12)10-17-22-19(25)18-15(11-26-20(18)23-17)14-5-3-4-6-16(14)21/h3-6,11-13H,7-10H2,1-2H3,(H,22,23,25)/p+1/t12-,13-/m1/s1. The van der Waals surface area contributed by atoms with Crippen LogP contribution in [0.25, 0.3) is 21.3 Å². The lowest BCUT2D eigenvalue weighted by Gasteiger charge is -2.31. The highest BCUT2D eigenvalue weighted by Gasteiger charge is 2.26. The summed E-state index contributed by atoms with van der Waals surface area (Å²) >= 11 is 7.83. The second-order valence-corrected chi connectivity index (χ2v) is 8.87. The average molecular weight is 389 g/mol. The molecule has 0 amide bonds. The van der Waals surface area contributed by atoms with E-state index in [-0.39, 0.29) is 5.56 Å². The second-order valence-electron chi connectivity index (χ2n) is 7.60. The van der Waals surface area contributed by atoms with E-state index in [9.17, 15) is 4.79 Å². The van der Waals surface area contributed by atoms with E-state index in [1.165, 1.54) is 22.7 Å². The SMILES string of the molecule is C[C@@H]1C[C@@H](C)C[NH+](Cc2nc3scc(-c4ccccc4Cl)c3c(=O)[nH]2)C1. The molecule has 0 aliphatic carbocycles. The molecule has 1 aliphatic heterocycles. The fourth-order valence-corrected chi connectivity index (χ4v) is 5.45. The van der Waals surface area contributed by atoms with E-state index in [1.54, 1.807) is 0 Å². The molecule has 0 spiro atoms. The van der Waals surface area contributed by atoms with Gasteiger partial charge in [0.25, 0.3) is 5.56 Å². The number of aromatic amines is 1. The predicted molar refractivity (Wildman–Crippen MR) is 108 cm³/mol. The van der Waals surface area contributed by atoms with Gasteiger partial charge in [0.1, 0.15) is 11.4 Å². The predicted octanol–water partition coefficient (Wildman–Crippen LogP) is 3.37. The number of benzene rings is 1. The number of aromatic nitrogens is 2. The first-order chi connectivity index (χ1) is 12.5. The smallest absolute Gasteiger partial charge is 0.260 e. The Hall–Kier alpha value is -1.69. The normalized spacial score (nSPS) is 23.4. The molecule has 6 heteroatoms. The van der Waals surface area contributed by atoms with Gasteiger partial charge < -0.3 is 9.88 Å². The lowest BCUT2D eigenvalue weighted by atomic mass is 9.92. The molecule has 3 aromatic rings. The zero-order valence-corrected chi connectivity index (χ0v) is 16.6. The molecule has 2 atom stereocenters. The van der Waals surface area contributed by atoms with Crippen LogP contribution in [0.5, 0.6) is 0 Å². The number of hydrogen-bond donors (Lipinski definition) is 2. The molecule has 2 aromatic heterocycles. The number of nitrogens with zero attached hydrogens (tertiary/aromatic N) is 1. The molecular formula is C20H23ClN3OS+. The molecule has 4 rings (SSSR count). The third-order valence-electron chi connectivity index (χ3n) is 5.15. The monoisotopic (exact) mass is 388 g/mol. The largest absolute Gasteiger partial charge is 0.328 e. The molecule has 2 N–H and O–H groups in total. The van der Waals surface area contributed by atoms with Crippen LogP contribution in [0, 0.1) is 11.8 Å². The van der Waals surface area contributed by atoms with E-state index in [2.05, 4.69) is 18.8 Å². The van der Waals surface area contributed by atoms with E-state index in [0.717, 1.165) is 53.3 Å². The van der Waals surface area contributed by atoms with Crippen LogP contribution in [-0.4, -0.2) is 23.1 Å². The van der Waals surface area contributed by atoms with Crippen molar-refractivity contribution < 1.29 is 4.90 Å². The Kier molecular flexibility index (Phi) is 4.86. The fraction of sp³-hybridized carbons (Fsp3) is 0.400. The van der Waals surface area contributed by atoms with Gasteiger partial charge in [-0.25, -0.2) is 4.98 Å². The summed E-state index contributed by atoms with van der Waals surface area (Å²) < 4.78 is 0. The van der Waals surface area contributed by atoms with Gasteiger partial charge in [-0.2, -0.15) is 0 Å². The van der Waals surface area contributed by atoms with Crippen molar-refractivity contribution in [2.45, 2.75) is 26.8 Å². The van der Waals surface area contributed by atoms with Crippen LogP contribution in [0.15, 0.2) is 34.4 Å². The van der Waals surface area contributed by atoms with E-state index < -0.39 is 0 Å². The summed E-state index contributed by atoms with van der Waals surface area (Å²) in [5.41, 5.74) is 1.67. The topological polar surface area (TPSA) is 50.2 Å². The lowest BCUT2D eigenvalue weighted by Crippen LogP contribution is -3.13. The van der Waals surface area contributed by atoms with E-state index in [0.29, 0.717) is 10.4 Å². The maximum atomic E-state index is 12.8. The van der Waals surface area contributed by atoms with Crippen LogP contribution in [0.1, 0.15) is 26.1 Å². The zero-order valence-electron chi connectivity index (χ0n) is 15.0.